The Morgan fingerprint density at radius 3 is 2.40 bits per heavy atom. The van der Waals surface area contributed by atoms with E-state index in [1.807, 2.05) is 50.2 Å². The van der Waals surface area contributed by atoms with E-state index in [2.05, 4.69) is 36.3 Å². The highest BCUT2D eigenvalue weighted by molar-refractivity contribution is 8.14. The van der Waals surface area contributed by atoms with Crippen LogP contribution in [0.2, 0.25) is 0 Å². The van der Waals surface area contributed by atoms with Crippen molar-refractivity contribution in [3.05, 3.63) is 70.9 Å². The topological polar surface area (TPSA) is 61.8 Å². The van der Waals surface area contributed by atoms with E-state index < -0.39 is 0 Å². The molecule has 0 saturated carbocycles. The monoisotopic (exact) mass is 421 g/mol. The van der Waals surface area contributed by atoms with E-state index >= 15 is 0 Å². The van der Waals surface area contributed by atoms with Gasteiger partial charge < -0.3 is 5.32 Å². The number of rotatable bonds is 6. The second-order valence-electron chi connectivity index (χ2n) is 7.46. The van der Waals surface area contributed by atoms with Gasteiger partial charge in [-0.15, -0.1) is 0 Å². The van der Waals surface area contributed by atoms with Gasteiger partial charge in [0.1, 0.15) is 5.70 Å². The smallest absolute Gasteiger partial charge is 0.283 e. The number of hydrogen-bond donors (Lipinski definition) is 1. The molecule has 0 radical (unpaired) electrons. The zero-order valence-corrected chi connectivity index (χ0v) is 18.6. The van der Waals surface area contributed by atoms with Crippen LogP contribution in [0.3, 0.4) is 0 Å². The normalized spacial score (nSPS) is 15.1. The highest BCUT2D eigenvalue weighted by Gasteiger charge is 2.32. The number of carbonyl (C=O) groups excluding carboxylic acids is 2. The van der Waals surface area contributed by atoms with E-state index in [0.717, 1.165) is 16.8 Å². The number of aliphatic imine (C=N–C) groups is 1. The Morgan fingerprint density at radius 2 is 1.80 bits per heavy atom. The Morgan fingerprint density at radius 1 is 1.13 bits per heavy atom. The maximum Gasteiger partial charge on any atom is 0.283 e. The van der Waals surface area contributed by atoms with Gasteiger partial charge in [-0.2, -0.15) is 0 Å². The lowest BCUT2D eigenvalue weighted by Gasteiger charge is -2.17. The van der Waals surface area contributed by atoms with Crippen LogP contribution in [0.4, 0.5) is 5.69 Å². The van der Waals surface area contributed by atoms with Crippen LogP contribution < -0.4 is 10.2 Å². The van der Waals surface area contributed by atoms with Crippen molar-refractivity contribution in [2.75, 3.05) is 17.2 Å². The quantitative estimate of drug-likeness (QED) is 0.686. The first-order valence-corrected chi connectivity index (χ1v) is 11.1. The summed E-state index contributed by atoms with van der Waals surface area (Å²) in [6.07, 6.45) is 1.80. The summed E-state index contributed by atoms with van der Waals surface area (Å²) in [7, 11) is 0. The first kappa shape index (κ1) is 21.8. The van der Waals surface area contributed by atoms with Crippen LogP contribution in [0.15, 0.2) is 59.2 Å². The molecule has 0 saturated heterocycles. The average molecular weight is 422 g/mol. The van der Waals surface area contributed by atoms with Crippen LogP contribution >= 0.6 is 11.8 Å². The van der Waals surface area contributed by atoms with Crippen molar-refractivity contribution in [3.63, 3.8) is 0 Å². The molecule has 0 spiro atoms. The van der Waals surface area contributed by atoms with Crippen molar-refractivity contribution >= 4 is 40.5 Å². The third-order valence-electron chi connectivity index (χ3n) is 4.73. The second-order valence-corrected chi connectivity index (χ2v) is 8.41. The third kappa shape index (κ3) is 5.19. The summed E-state index contributed by atoms with van der Waals surface area (Å²) < 4.78 is 0. The maximum atomic E-state index is 13.2. The zero-order valence-electron chi connectivity index (χ0n) is 17.8. The average Bonchev–Trinajstić information content (AvgIpc) is 3.03. The number of thioether (sulfide) groups is 1. The van der Waals surface area contributed by atoms with Crippen LogP contribution in [-0.4, -0.2) is 29.3 Å². The van der Waals surface area contributed by atoms with E-state index in [1.54, 1.807) is 11.0 Å². The summed E-state index contributed by atoms with van der Waals surface area (Å²) in [5.41, 5.74) is 4.39. The van der Waals surface area contributed by atoms with Gasteiger partial charge in [0.25, 0.3) is 5.91 Å². The number of aryl methyl sites for hydroxylation is 1. The molecule has 5 nitrogen and oxygen atoms in total. The molecule has 0 bridgehead atoms. The van der Waals surface area contributed by atoms with Crippen molar-refractivity contribution in [1.82, 2.24) is 5.32 Å². The van der Waals surface area contributed by atoms with E-state index in [0.29, 0.717) is 23.3 Å². The number of amides is 2. The summed E-state index contributed by atoms with van der Waals surface area (Å²) in [6.45, 7) is 8.75. The highest BCUT2D eigenvalue weighted by atomic mass is 32.2. The molecule has 0 atom stereocenters. The molecule has 0 aliphatic carbocycles. The van der Waals surface area contributed by atoms with Crippen molar-refractivity contribution < 1.29 is 9.59 Å². The van der Waals surface area contributed by atoms with Crippen LogP contribution in [0.25, 0.3) is 6.08 Å². The van der Waals surface area contributed by atoms with Gasteiger partial charge in [0.15, 0.2) is 5.17 Å². The second kappa shape index (κ2) is 9.76. The van der Waals surface area contributed by atoms with Crippen molar-refractivity contribution in [2.24, 2.45) is 4.99 Å². The minimum Gasteiger partial charge on any atom is -0.356 e. The van der Waals surface area contributed by atoms with Crippen LogP contribution in [-0.2, 0) is 9.59 Å². The number of nitrogens with zero attached hydrogens (tertiary/aromatic N) is 2. The number of nitrogens with one attached hydrogen (secondary N) is 1. The molecule has 1 N–H and O–H groups in total. The molecule has 30 heavy (non-hydrogen) atoms. The molecule has 2 aromatic carbocycles. The highest BCUT2D eigenvalue weighted by Crippen LogP contribution is 2.29. The van der Waals surface area contributed by atoms with Gasteiger partial charge in [-0.1, -0.05) is 67.6 Å². The SMILES string of the molecule is CCNC(=O)CSC1=NC(=Cc2ccc(C(C)C)cc2)C(=O)N1c1ccc(C)cc1. The largest absolute Gasteiger partial charge is 0.356 e. The Labute approximate surface area is 182 Å². The fraction of sp³-hybridized carbons (Fsp3) is 0.292. The molecule has 0 aromatic heterocycles. The van der Waals surface area contributed by atoms with Gasteiger partial charge in [-0.3, -0.25) is 14.5 Å². The van der Waals surface area contributed by atoms with Gasteiger partial charge in [-0.05, 0) is 49.1 Å². The number of carbonyl (C=O) groups is 2. The molecule has 1 aliphatic heterocycles. The van der Waals surface area contributed by atoms with E-state index in [9.17, 15) is 9.59 Å². The van der Waals surface area contributed by atoms with Crippen molar-refractivity contribution in [1.29, 1.82) is 0 Å². The molecular formula is C24H27N3O2S. The van der Waals surface area contributed by atoms with Gasteiger partial charge in [0, 0.05) is 6.54 Å². The first-order chi connectivity index (χ1) is 14.4. The number of anilines is 1. The van der Waals surface area contributed by atoms with Crippen LogP contribution in [0, 0.1) is 6.92 Å². The predicted octanol–water partition coefficient (Wildman–Crippen LogP) is 4.73. The first-order valence-electron chi connectivity index (χ1n) is 10.1. The van der Waals surface area contributed by atoms with Crippen LogP contribution in [0.1, 0.15) is 43.4 Å². The minimum absolute atomic E-state index is 0.0804. The van der Waals surface area contributed by atoms with Crippen LogP contribution in [0.5, 0.6) is 0 Å². The number of benzene rings is 2. The Bertz CT molecular complexity index is 977. The summed E-state index contributed by atoms with van der Waals surface area (Å²) in [4.78, 5) is 31.3. The van der Waals surface area contributed by atoms with Crippen molar-refractivity contribution in [2.45, 2.75) is 33.6 Å². The lowest BCUT2D eigenvalue weighted by Crippen LogP contribution is -2.32. The summed E-state index contributed by atoms with van der Waals surface area (Å²) in [6, 6.07) is 15.9. The Kier molecular flexibility index (Phi) is 7.11. The standard InChI is InChI=1S/C24H27N3O2S/c1-5-25-22(28)15-30-24-26-21(14-18-8-10-19(11-9-18)16(2)3)23(29)27(24)20-12-6-17(4)7-13-20/h6-14,16H,5,15H2,1-4H3,(H,25,28). The predicted molar refractivity (Wildman–Crippen MR) is 126 cm³/mol. The fourth-order valence-electron chi connectivity index (χ4n) is 3.03. The molecule has 6 heteroatoms. The Hall–Kier alpha value is -2.86. The maximum absolute atomic E-state index is 13.2. The fourth-order valence-corrected chi connectivity index (χ4v) is 3.87. The molecule has 156 valence electrons. The number of amidine groups is 1. The third-order valence-corrected chi connectivity index (χ3v) is 5.67. The molecular weight excluding hydrogens is 394 g/mol. The van der Waals surface area contributed by atoms with Gasteiger partial charge in [0.2, 0.25) is 5.91 Å². The lowest BCUT2D eigenvalue weighted by atomic mass is 10.0. The molecule has 2 amide bonds. The minimum atomic E-state index is -0.190. The Balaban J connectivity index is 1.90. The molecule has 0 unspecified atom stereocenters. The molecule has 3 rings (SSSR count). The summed E-state index contributed by atoms with van der Waals surface area (Å²) in [5.74, 6) is 0.388. The van der Waals surface area contributed by atoms with Crippen molar-refractivity contribution in [3.8, 4) is 0 Å². The van der Waals surface area contributed by atoms with E-state index in [1.165, 1.54) is 17.3 Å². The van der Waals surface area contributed by atoms with E-state index in [4.69, 9.17) is 0 Å². The summed E-state index contributed by atoms with van der Waals surface area (Å²) >= 11 is 1.27. The number of hydrogen-bond acceptors (Lipinski definition) is 4. The van der Waals surface area contributed by atoms with Gasteiger partial charge in [-0.25, -0.2) is 4.99 Å². The zero-order chi connectivity index (χ0) is 21.7. The lowest BCUT2D eigenvalue weighted by molar-refractivity contribution is -0.118. The van der Waals surface area contributed by atoms with E-state index in [-0.39, 0.29) is 17.6 Å². The molecule has 1 heterocycles. The summed E-state index contributed by atoms with van der Waals surface area (Å²) in [5, 5.41) is 3.29. The molecule has 0 fully saturated rings. The van der Waals surface area contributed by atoms with Gasteiger partial charge in [0.05, 0.1) is 11.4 Å². The molecule has 1 aliphatic rings. The molecule has 2 aromatic rings. The van der Waals surface area contributed by atoms with Gasteiger partial charge >= 0.3 is 0 Å².